The molecule has 0 fully saturated rings. The molecule has 0 unspecified atom stereocenters. The second-order valence-electron chi connectivity index (χ2n) is 10.4. The van der Waals surface area contributed by atoms with Crippen molar-refractivity contribution in [1.29, 1.82) is 0 Å². The molecule has 244 valence electrons. The fourth-order valence-corrected chi connectivity index (χ4v) is 4.97. The number of amides is 3. The molecule has 2 aromatic carbocycles. The first kappa shape index (κ1) is 34.9. The van der Waals surface area contributed by atoms with E-state index in [9.17, 15) is 32.3 Å². The number of Topliss-reactive ketones (excluding diaryl/α,β-unsaturated/α-hetero) is 1. The average molecular weight is 636 g/mol. The number of ketones is 1. The minimum Gasteiger partial charge on any atom is -0.493 e. The van der Waals surface area contributed by atoms with Gasteiger partial charge in [0, 0.05) is 25.3 Å². The van der Waals surface area contributed by atoms with Crippen LogP contribution < -0.4 is 19.5 Å². The Balaban J connectivity index is 2.11. The average Bonchev–Trinajstić information content (AvgIpc) is 3.00. The maximum atomic E-state index is 14.0. The summed E-state index contributed by atoms with van der Waals surface area (Å²) in [4.78, 5) is 55.1. The lowest BCUT2D eigenvalue weighted by Crippen LogP contribution is -2.57. The Bertz CT molecular complexity index is 1400. The largest absolute Gasteiger partial charge is 0.493 e. The van der Waals surface area contributed by atoms with Crippen molar-refractivity contribution in [2.75, 3.05) is 41.6 Å². The first-order chi connectivity index (χ1) is 21.3. The van der Waals surface area contributed by atoms with Gasteiger partial charge in [0.1, 0.15) is 25.2 Å². The molecule has 1 heterocycles. The second kappa shape index (κ2) is 14.9. The van der Waals surface area contributed by atoms with Gasteiger partial charge in [-0.25, -0.2) is 0 Å². The van der Waals surface area contributed by atoms with Crippen LogP contribution in [0.5, 0.6) is 17.2 Å². The third-order valence-electron chi connectivity index (χ3n) is 7.03. The molecule has 0 aromatic heterocycles. The van der Waals surface area contributed by atoms with E-state index in [1.165, 1.54) is 63.8 Å². The summed E-state index contributed by atoms with van der Waals surface area (Å²) in [6, 6.07) is 7.86. The molecule has 0 bridgehead atoms. The lowest BCUT2D eigenvalue weighted by atomic mass is 9.96. The van der Waals surface area contributed by atoms with Crippen molar-refractivity contribution in [3.05, 3.63) is 59.8 Å². The van der Waals surface area contributed by atoms with Crippen molar-refractivity contribution < 1.29 is 51.3 Å². The highest BCUT2D eigenvalue weighted by Crippen LogP contribution is 2.41. The maximum absolute atomic E-state index is 14.0. The Hall–Kier alpha value is -4.59. The lowest BCUT2D eigenvalue weighted by Gasteiger charge is -2.41. The molecule has 0 spiro atoms. The molecular weight excluding hydrogens is 599 g/mol. The summed E-state index contributed by atoms with van der Waals surface area (Å²) in [7, 11) is 5.47. The predicted octanol–water partition coefficient (Wildman–Crippen LogP) is 3.21. The van der Waals surface area contributed by atoms with Crippen LogP contribution in [0.1, 0.15) is 25.0 Å². The highest BCUT2D eigenvalue weighted by Gasteiger charge is 2.45. The molecule has 2 atom stereocenters. The third kappa shape index (κ3) is 8.12. The number of rotatable bonds is 13. The fraction of sp³-hybridized carbons (Fsp3) is 0.419. The molecule has 14 heteroatoms. The quantitative estimate of drug-likeness (QED) is 0.356. The number of carbonyl (C=O) groups is 4. The van der Waals surface area contributed by atoms with Crippen molar-refractivity contribution in [2.45, 2.75) is 38.5 Å². The number of carbonyl (C=O) groups excluding carboxylic acids is 4. The molecule has 0 radical (unpaired) electrons. The van der Waals surface area contributed by atoms with Crippen LogP contribution >= 0.6 is 0 Å². The molecule has 1 aliphatic rings. The Labute approximate surface area is 258 Å². The summed E-state index contributed by atoms with van der Waals surface area (Å²) in [5, 5.41) is 2.17. The number of halogens is 3. The second-order valence-corrected chi connectivity index (χ2v) is 10.4. The van der Waals surface area contributed by atoms with E-state index >= 15 is 0 Å². The first-order valence-electron chi connectivity index (χ1n) is 13.8. The zero-order valence-electron chi connectivity index (χ0n) is 25.8. The summed E-state index contributed by atoms with van der Waals surface area (Å²) in [5.41, 5.74) is 0.687. The highest BCUT2D eigenvalue weighted by atomic mass is 19.4. The van der Waals surface area contributed by atoms with Gasteiger partial charge in [-0.1, -0.05) is 44.2 Å². The van der Waals surface area contributed by atoms with Gasteiger partial charge in [0.2, 0.25) is 11.7 Å². The third-order valence-corrected chi connectivity index (χ3v) is 7.03. The van der Waals surface area contributed by atoms with Gasteiger partial charge in [-0.3, -0.25) is 24.1 Å². The van der Waals surface area contributed by atoms with E-state index < -0.39 is 60.6 Å². The van der Waals surface area contributed by atoms with Gasteiger partial charge >= 0.3 is 6.18 Å². The van der Waals surface area contributed by atoms with E-state index in [2.05, 4.69) is 5.32 Å². The number of hydrogen-bond acceptors (Lipinski definition) is 8. The predicted molar refractivity (Wildman–Crippen MR) is 156 cm³/mol. The van der Waals surface area contributed by atoms with Crippen LogP contribution in [-0.2, 0) is 30.3 Å². The fourth-order valence-electron chi connectivity index (χ4n) is 4.97. The number of nitrogens with zero attached hydrogens (tertiary/aromatic N) is 2. The molecule has 3 rings (SSSR count). The molecule has 3 amide bonds. The molecule has 0 aliphatic carbocycles. The van der Waals surface area contributed by atoms with Crippen molar-refractivity contribution in [2.24, 2.45) is 5.92 Å². The van der Waals surface area contributed by atoms with Crippen molar-refractivity contribution >= 4 is 29.2 Å². The van der Waals surface area contributed by atoms with Crippen LogP contribution in [0, 0.1) is 5.92 Å². The number of ether oxygens (including phenoxy) is 4. The molecule has 1 aliphatic heterocycles. The van der Waals surface area contributed by atoms with Crippen molar-refractivity contribution in [3.63, 3.8) is 0 Å². The number of alkyl halides is 3. The SMILES string of the molecule is COCC(=O)N1C=C(c2cc(OC)c(OC)c(OC)c2)N(CC(=O)N[C@@H](Cc2ccccc2)C(=O)C(F)(F)F)C(=O)[C@@H]1C(C)C. The topological polar surface area (TPSA) is 124 Å². The Morgan fingerprint density at radius 3 is 2.04 bits per heavy atom. The number of benzene rings is 2. The first-order valence-corrected chi connectivity index (χ1v) is 13.8. The number of methoxy groups -OCH3 is 4. The van der Waals surface area contributed by atoms with Gasteiger partial charge in [-0.05, 0) is 23.6 Å². The molecule has 2 aromatic rings. The van der Waals surface area contributed by atoms with Crippen LogP contribution in [0.25, 0.3) is 5.70 Å². The summed E-state index contributed by atoms with van der Waals surface area (Å²) in [5.74, 6) is -4.21. The van der Waals surface area contributed by atoms with Gasteiger partial charge in [-0.15, -0.1) is 0 Å². The molecule has 0 saturated carbocycles. The minimum absolute atomic E-state index is 0.0394. The summed E-state index contributed by atoms with van der Waals surface area (Å²) >= 11 is 0. The minimum atomic E-state index is -5.22. The maximum Gasteiger partial charge on any atom is 0.452 e. The summed E-state index contributed by atoms with van der Waals surface area (Å²) in [6.07, 6.45) is -4.29. The van der Waals surface area contributed by atoms with Crippen LogP contribution in [0.15, 0.2) is 48.7 Å². The molecule has 11 nitrogen and oxygen atoms in total. The Kier molecular flexibility index (Phi) is 11.6. The Morgan fingerprint density at radius 2 is 1.56 bits per heavy atom. The van der Waals surface area contributed by atoms with E-state index in [-0.39, 0.29) is 35.1 Å². The van der Waals surface area contributed by atoms with E-state index in [1.807, 2.05) is 0 Å². The summed E-state index contributed by atoms with van der Waals surface area (Å²) in [6.45, 7) is 2.28. The van der Waals surface area contributed by atoms with Gasteiger partial charge < -0.3 is 29.2 Å². The van der Waals surface area contributed by atoms with Crippen LogP contribution in [-0.4, -0.2) is 93.2 Å². The monoisotopic (exact) mass is 635 g/mol. The van der Waals surface area contributed by atoms with E-state index in [0.717, 1.165) is 4.90 Å². The van der Waals surface area contributed by atoms with Gasteiger partial charge in [0.25, 0.3) is 17.6 Å². The van der Waals surface area contributed by atoms with E-state index in [1.54, 1.807) is 32.0 Å². The molecule has 45 heavy (non-hydrogen) atoms. The number of hydrogen-bond donors (Lipinski definition) is 1. The van der Waals surface area contributed by atoms with E-state index in [4.69, 9.17) is 18.9 Å². The molecule has 1 N–H and O–H groups in total. The standard InChI is InChI=1S/C31H36F3N3O8/c1-18(2)27-30(41)36(16-25(38)35-21(29(40)31(32,33)34)12-19-10-8-7-9-11-19)22(15-37(27)26(39)17-42-3)20-13-23(43-4)28(45-6)24(14-20)44-5/h7-11,13-15,18,21,27H,12,16-17H2,1-6H3,(H,35,38)/t21-,27-/m0/s1. The normalized spacial score (nSPS) is 15.8. The van der Waals surface area contributed by atoms with E-state index in [0.29, 0.717) is 5.56 Å². The highest BCUT2D eigenvalue weighted by molar-refractivity contribution is 6.01. The number of nitrogens with one attached hydrogen (secondary N) is 1. The smallest absolute Gasteiger partial charge is 0.452 e. The Morgan fingerprint density at radius 1 is 0.956 bits per heavy atom. The van der Waals surface area contributed by atoms with Crippen molar-refractivity contribution in [1.82, 2.24) is 15.1 Å². The van der Waals surface area contributed by atoms with Crippen LogP contribution in [0.2, 0.25) is 0 Å². The molecule has 0 saturated heterocycles. The zero-order chi connectivity index (χ0) is 33.5. The zero-order valence-corrected chi connectivity index (χ0v) is 25.8. The van der Waals surface area contributed by atoms with Crippen LogP contribution in [0.3, 0.4) is 0 Å². The van der Waals surface area contributed by atoms with Crippen LogP contribution in [0.4, 0.5) is 13.2 Å². The van der Waals surface area contributed by atoms with Gasteiger partial charge in [0.15, 0.2) is 11.5 Å². The summed E-state index contributed by atoms with van der Waals surface area (Å²) < 4.78 is 61.8. The van der Waals surface area contributed by atoms with Gasteiger partial charge in [0.05, 0.1) is 27.0 Å². The molecular formula is C31H36F3N3O8. The lowest BCUT2D eigenvalue weighted by molar-refractivity contribution is -0.173. The van der Waals surface area contributed by atoms with Gasteiger partial charge in [-0.2, -0.15) is 13.2 Å². The van der Waals surface area contributed by atoms with Crippen molar-refractivity contribution in [3.8, 4) is 17.2 Å².